The molecule has 0 bridgehead atoms. The van der Waals surface area contributed by atoms with Crippen molar-refractivity contribution in [2.45, 2.75) is 19.7 Å². The zero-order valence-corrected chi connectivity index (χ0v) is 12.2. The van der Waals surface area contributed by atoms with Gasteiger partial charge in [0.1, 0.15) is 5.58 Å². The van der Waals surface area contributed by atoms with E-state index in [1.54, 1.807) is 13.1 Å². The van der Waals surface area contributed by atoms with Gasteiger partial charge in [-0.05, 0) is 29.2 Å². The van der Waals surface area contributed by atoms with E-state index in [-0.39, 0.29) is 0 Å². The van der Waals surface area contributed by atoms with Crippen LogP contribution in [0.4, 0.5) is 0 Å². The normalized spacial score (nSPS) is 15.4. The van der Waals surface area contributed by atoms with Crippen molar-refractivity contribution in [3.63, 3.8) is 0 Å². The minimum atomic E-state index is -1.99. The number of fused-ring (bicyclic) bond motifs is 3. The lowest BCUT2D eigenvalue weighted by Gasteiger charge is -2.07. The Balaban J connectivity index is 1.82. The summed E-state index contributed by atoms with van der Waals surface area (Å²) in [6.07, 6.45) is 1.72. The van der Waals surface area contributed by atoms with Gasteiger partial charge < -0.3 is 4.42 Å². The quantitative estimate of drug-likeness (QED) is 0.468. The maximum atomic E-state index is 7.57. The molecule has 0 fully saturated rings. The Hall–Kier alpha value is -2.61. The van der Waals surface area contributed by atoms with Gasteiger partial charge in [-0.2, -0.15) is 0 Å². The summed E-state index contributed by atoms with van der Waals surface area (Å²) >= 11 is 0. The molecule has 0 aliphatic rings. The second-order valence-electron chi connectivity index (χ2n) is 5.48. The van der Waals surface area contributed by atoms with E-state index >= 15 is 0 Å². The molecule has 1 unspecified atom stereocenters. The highest BCUT2D eigenvalue weighted by molar-refractivity contribution is 6.08. The number of rotatable bonds is 2. The third-order valence-electron chi connectivity index (χ3n) is 4.00. The number of pyridine rings is 1. The monoisotopic (exact) mass is 290 g/mol. The Morgan fingerprint density at radius 1 is 1.00 bits per heavy atom. The van der Waals surface area contributed by atoms with Crippen LogP contribution in [0.15, 0.2) is 65.2 Å². The van der Waals surface area contributed by atoms with Crippen molar-refractivity contribution in [3.05, 3.63) is 66.4 Å². The van der Waals surface area contributed by atoms with E-state index in [0.29, 0.717) is 5.71 Å². The van der Waals surface area contributed by atoms with Crippen LogP contribution in [0.1, 0.15) is 29.4 Å². The summed E-state index contributed by atoms with van der Waals surface area (Å²) in [5.41, 5.74) is 4.20. The van der Waals surface area contributed by atoms with E-state index in [2.05, 4.69) is 4.98 Å². The molecule has 2 aromatic heterocycles. The van der Waals surface area contributed by atoms with Gasteiger partial charge in [0.05, 0.1) is 0 Å². The Morgan fingerprint density at radius 2 is 1.82 bits per heavy atom. The fourth-order valence-corrected chi connectivity index (χ4v) is 2.81. The average molecular weight is 290 g/mol. The highest BCUT2D eigenvalue weighted by Gasteiger charge is 2.12. The molecule has 0 radical (unpaired) electrons. The Labute approximate surface area is 133 Å². The molecule has 0 N–H and O–H groups in total. The molecule has 108 valence electrons. The number of aromatic nitrogens is 1. The first-order chi connectivity index (χ1) is 11.9. The summed E-state index contributed by atoms with van der Waals surface area (Å²) in [5.74, 6) is -0.493. The van der Waals surface area contributed by atoms with Gasteiger partial charge >= 0.3 is 0 Å². The summed E-state index contributed by atoms with van der Waals surface area (Å²) in [5, 5.41) is 2.02. The van der Waals surface area contributed by atoms with Crippen molar-refractivity contribution in [3.8, 4) is 11.1 Å². The van der Waals surface area contributed by atoms with Crippen molar-refractivity contribution < 1.29 is 8.53 Å². The van der Waals surface area contributed by atoms with Gasteiger partial charge in [0.2, 0.25) is 5.71 Å². The zero-order chi connectivity index (χ0) is 17.6. The predicted octanol–water partition coefficient (Wildman–Crippen LogP) is 5.77. The molecule has 4 rings (SSSR count). The summed E-state index contributed by atoms with van der Waals surface area (Å²) in [6, 6.07) is 17.6. The predicted molar refractivity (Wildman–Crippen MR) is 91.0 cm³/mol. The van der Waals surface area contributed by atoms with Crippen molar-refractivity contribution in [2.75, 3.05) is 0 Å². The lowest BCUT2D eigenvalue weighted by atomic mass is 9.98. The molecule has 2 heterocycles. The molecular formula is C20H17NO. The van der Waals surface area contributed by atoms with Crippen LogP contribution >= 0.6 is 0 Å². The Kier molecular flexibility index (Phi) is 2.31. The lowest BCUT2D eigenvalue weighted by molar-refractivity contribution is 0.655. The highest BCUT2D eigenvalue weighted by atomic mass is 16.3. The molecule has 0 spiro atoms. The summed E-state index contributed by atoms with van der Waals surface area (Å²) < 4.78 is 28.7. The number of furan rings is 1. The van der Waals surface area contributed by atoms with Gasteiger partial charge in [-0.1, -0.05) is 56.2 Å². The molecule has 2 aromatic carbocycles. The van der Waals surface area contributed by atoms with E-state index in [0.717, 1.165) is 33.0 Å². The minimum Gasteiger partial charge on any atom is -0.437 e. The van der Waals surface area contributed by atoms with Gasteiger partial charge in [-0.3, -0.25) is 0 Å². The number of benzene rings is 2. The topological polar surface area (TPSA) is 26.0 Å². The zero-order valence-electron chi connectivity index (χ0n) is 15.2. The minimum absolute atomic E-state index is 0.493. The lowest BCUT2D eigenvalue weighted by Crippen LogP contribution is -1.86. The smallest absolute Gasteiger partial charge is 0.227 e. The fraction of sp³-hybridized carbons (Fsp3) is 0.150. The molecule has 1 atom stereocenters. The second-order valence-corrected chi connectivity index (χ2v) is 5.48. The van der Waals surface area contributed by atoms with Gasteiger partial charge in [-0.15, -0.1) is 0 Å². The van der Waals surface area contributed by atoms with Crippen molar-refractivity contribution in [1.29, 1.82) is 0 Å². The summed E-state index contributed by atoms with van der Waals surface area (Å²) in [6.45, 7) is -0.264. The highest BCUT2D eigenvalue weighted by Crippen LogP contribution is 2.35. The number of hydrogen-bond acceptors (Lipinski definition) is 2. The van der Waals surface area contributed by atoms with Crippen LogP contribution in [0, 0.1) is 0 Å². The summed E-state index contributed by atoms with van der Waals surface area (Å²) in [7, 11) is 0. The van der Waals surface area contributed by atoms with Crippen LogP contribution < -0.4 is 0 Å². The maximum Gasteiger partial charge on any atom is 0.227 e. The molecule has 2 nitrogen and oxygen atoms in total. The molecule has 0 saturated heterocycles. The Bertz CT molecular complexity index is 1050. The Morgan fingerprint density at radius 3 is 2.64 bits per heavy atom. The fourth-order valence-electron chi connectivity index (χ4n) is 2.81. The van der Waals surface area contributed by atoms with Crippen LogP contribution in [0.25, 0.3) is 33.2 Å². The first kappa shape index (κ1) is 10.2. The van der Waals surface area contributed by atoms with E-state index in [1.165, 1.54) is 0 Å². The number of hydrogen-bond donors (Lipinski definition) is 0. The number of nitrogens with zero attached hydrogens (tertiary/aromatic N) is 1. The van der Waals surface area contributed by atoms with Crippen LogP contribution in [-0.4, -0.2) is 4.98 Å². The molecule has 2 heteroatoms. The van der Waals surface area contributed by atoms with Crippen LogP contribution in [0.2, 0.25) is 0 Å². The first-order valence-electron chi connectivity index (χ1n) is 8.82. The molecule has 22 heavy (non-hydrogen) atoms. The standard InChI is InChI=1S/C20H17NO/c1-13(2)14-8-10-15(11-9-14)16-5-3-6-17-18-7-4-12-21-20(18)22-19(16)17/h3-13H,1-2H3/i1D3. The maximum absolute atomic E-state index is 7.57. The van der Waals surface area contributed by atoms with Gasteiger partial charge in [-0.25, -0.2) is 4.98 Å². The molecule has 0 amide bonds. The van der Waals surface area contributed by atoms with Crippen LogP contribution in [0.3, 0.4) is 0 Å². The van der Waals surface area contributed by atoms with Crippen LogP contribution in [-0.2, 0) is 0 Å². The summed E-state index contributed by atoms with van der Waals surface area (Å²) in [4.78, 5) is 4.29. The largest absolute Gasteiger partial charge is 0.437 e. The molecule has 0 saturated carbocycles. The van der Waals surface area contributed by atoms with E-state index in [9.17, 15) is 0 Å². The second kappa shape index (κ2) is 4.99. The molecule has 0 aliphatic heterocycles. The molecule has 0 aliphatic carbocycles. The van der Waals surface area contributed by atoms with E-state index in [4.69, 9.17) is 8.53 Å². The van der Waals surface area contributed by atoms with E-state index in [1.807, 2.05) is 54.6 Å². The van der Waals surface area contributed by atoms with Crippen LogP contribution in [0.5, 0.6) is 0 Å². The van der Waals surface area contributed by atoms with Crippen molar-refractivity contribution in [1.82, 2.24) is 4.98 Å². The average Bonchev–Trinajstić information content (AvgIpc) is 2.99. The van der Waals surface area contributed by atoms with Gasteiger partial charge in [0.25, 0.3) is 0 Å². The van der Waals surface area contributed by atoms with Gasteiger partial charge in [0.15, 0.2) is 0 Å². The van der Waals surface area contributed by atoms with Crippen molar-refractivity contribution >= 4 is 22.1 Å². The third-order valence-corrected chi connectivity index (χ3v) is 4.00. The van der Waals surface area contributed by atoms with Gasteiger partial charge in [0, 0.05) is 26.6 Å². The molecular weight excluding hydrogens is 270 g/mol. The van der Waals surface area contributed by atoms with Crippen molar-refractivity contribution in [2.24, 2.45) is 0 Å². The third kappa shape index (κ3) is 2.00. The number of para-hydroxylation sites is 1. The SMILES string of the molecule is [2H]C([2H])([2H])C(C)c1ccc(-c2cccc3c2oc2ncccc23)cc1. The molecule has 4 aromatic rings. The van der Waals surface area contributed by atoms with E-state index < -0.39 is 12.8 Å². The first-order valence-corrected chi connectivity index (χ1v) is 7.32.